The SMILES string of the molecule is CC1CCC(CC(=O)NC2CCCCC2CN)C1. The first kappa shape index (κ1) is 13.9. The van der Waals surface area contributed by atoms with E-state index in [9.17, 15) is 4.79 Å². The first-order valence-corrected chi connectivity index (χ1v) is 7.68. The number of rotatable bonds is 4. The number of hydrogen-bond acceptors (Lipinski definition) is 2. The number of carbonyl (C=O) groups is 1. The smallest absolute Gasteiger partial charge is 0.220 e. The molecule has 104 valence electrons. The highest BCUT2D eigenvalue weighted by molar-refractivity contribution is 5.76. The summed E-state index contributed by atoms with van der Waals surface area (Å²) < 4.78 is 0. The summed E-state index contributed by atoms with van der Waals surface area (Å²) in [6.45, 7) is 3.01. The Morgan fingerprint density at radius 1 is 1.22 bits per heavy atom. The van der Waals surface area contributed by atoms with Crippen molar-refractivity contribution in [1.82, 2.24) is 5.32 Å². The summed E-state index contributed by atoms with van der Waals surface area (Å²) in [5.41, 5.74) is 5.80. The Bertz CT molecular complexity index is 280. The third kappa shape index (κ3) is 3.71. The minimum atomic E-state index is 0.263. The van der Waals surface area contributed by atoms with Crippen LogP contribution < -0.4 is 11.1 Å². The summed E-state index contributed by atoms with van der Waals surface area (Å²) >= 11 is 0. The molecule has 0 aromatic carbocycles. The lowest BCUT2D eigenvalue weighted by molar-refractivity contribution is -0.123. The van der Waals surface area contributed by atoms with Crippen LogP contribution in [0, 0.1) is 17.8 Å². The zero-order valence-electron chi connectivity index (χ0n) is 11.7. The molecular weight excluding hydrogens is 224 g/mol. The lowest BCUT2D eigenvalue weighted by atomic mass is 9.84. The molecule has 2 rings (SSSR count). The highest BCUT2D eigenvalue weighted by Crippen LogP contribution is 2.32. The van der Waals surface area contributed by atoms with E-state index in [1.807, 2.05) is 0 Å². The number of carbonyl (C=O) groups excluding carboxylic acids is 1. The van der Waals surface area contributed by atoms with Crippen LogP contribution in [0.3, 0.4) is 0 Å². The molecule has 1 amide bonds. The largest absolute Gasteiger partial charge is 0.353 e. The number of nitrogens with two attached hydrogens (primary N) is 1. The van der Waals surface area contributed by atoms with Gasteiger partial charge in [-0.1, -0.05) is 26.2 Å². The van der Waals surface area contributed by atoms with Crippen LogP contribution in [0.25, 0.3) is 0 Å². The predicted molar refractivity (Wildman–Crippen MR) is 74.1 cm³/mol. The summed E-state index contributed by atoms with van der Waals surface area (Å²) in [6.07, 6.45) is 9.32. The van der Waals surface area contributed by atoms with Crippen molar-refractivity contribution in [3.63, 3.8) is 0 Å². The van der Waals surface area contributed by atoms with Gasteiger partial charge in [-0.3, -0.25) is 4.79 Å². The third-order valence-electron chi connectivity index (χ3n) is 4.84. The minimum absolute atomic E-state index is 0.263. The van der Waals surface area contributed by atoms with Crippen molar-refractivity contribution in [2.75, 3.05) is 6.54 Å². The Morgan fingerprint density at radius 3 is 2.67 bits per heavy atom. The van der Waals surface area contributed by atoms with Gasteiger partial charge in [0, 0.05) is 12.5 Å². The molecule has 0 radical (unpaired) electrons. The standard InChI is InChI=1S/C15H28N2O/c1-11-6-7-12(8-11)9-15(18)17-14-5-3-2-4-13(14)10-16/h11-14H,2-10,16H2,1H3,(H,17,18). The van der Waals surface area contributed by atoms with Crippen molar-refractivity contribution < 1.29 is 4.79 Å². The van der Waals surface area contributed by atoms with Crippen LogP contribution in [0.15, 0.2) is 0 Å². The second-order valence-corrected chi connectivity index (χ2v) is 6.44. The molecule has 18 heavy (non-hydrogen) atoms. The second-order valence-electron chi connectivity index (χ2n) is 6.44. The molecule has 4 unspecified atom stereocenters. The molecule has 0 aliphatic heterocycles. The van der Waals surface area contributed by atoms with Crippen molar-refractivity contribution in [3.05, 3.63) is 0 Å². The van der Waals surface area contributed by atoms with Crippen LogP contribution in [-0.2, 0) is 4.79 Å². The predicted octanol–water partition coefficient (Wildman–Crippen LogP) is 2.45. The van der Waals surface area contributed by atoms with Gasteiger partial charge in [0.15, 0.2) is 0 Å². The van der Waals surface area contributed by atoms with Gasteiger partial charge in [0.1, 0.15) is 0 Å². The average molecular weight is 252 g/mol. The van der Waals surface area contributed by atoms with Gasteiger partial charge in [0.25, 0.3) is 0 Å². The molecule has 2 aliphatic rings. The van der Waals surface area contributed by atoms with E-state index in [1.54, 1.807) is 0 Å². The van der Waals surface area contributed by atoms with E-state index >= 15 is 0 Å². The number of nitrogens with one attached hydrogen (secondary N) is 1. The third-order valence-corrected chi connectivity index (χ3v) is 4.84. The molecule has 2 fully saturated rings. The van der Waals surface area contributed by atoms with Crippen molar-refractivity contribution in [2.24, 2.45) is 23.5 Å². The summed E-state index contributed by atoms with van der Waals surface area (Å²) in [5.74, 6) is 2.21. The Labute approximate surface area is 111 Å². The zero-order chi connectivity index (χ0) is 13.0. The normalized spacial score (nSPS) is 36.6. The van der Waals surface area contributed by atoms with E-state index < -0.39 is 0 Å². The lowest BCUT2D eigenvalue weighted by Gasteiger charge is -2.31. The van der Waals surface area contributed by atoms with E-state index in [0.29, 0.717) is 24.4 Å². The molecule has 0 spiro atoms. The topological polar surface area (TPSA) is 55.1 Å². The van der Waals surface area contributed by atoms with E-state index in [1.165, 1.54) is 38.5 Å². The van der Waals surface area contributed by atoms with Gasteiger partial charge in [0.05, 0.1) is 0 Å². The lowest BCUT2D eigenvalue weighted by Crippen LogP contribution is -2.45. The fourth-order valence-electron chi connectivity index (χ4n) is 3.72. The van der Waals surface area contributed by atoms with Gasteiger partial charge in [-0.15, -0.1) is 0 Å². The minimum Gasteiger partial charge on any atom is -0.353 e. The molecule has 0 aromatic rings. The number of hydrogen-bond donors (Lipinski definition) is 2. The maximum Gasteiger partial charge on any atom is 0.220 e. The van der Waals surface area contributed by atoms with E-state index in [0.717, 1.165) is 18.8 Å². The molecule has 0 bridgehead atoms. The van der Waals surface area contributed by atoms with Gasteiger partial charge in [0.2, 0.25) is 5.91 Å². The fraction of sp³-hybridized carbons (Fsp3) is 0.933. The van der Waals surface area contributed by atoms with Gasteiger partial charge >= 0.3 is 0 Å². The monoisotopic (exact) mass is 252 g/mol. The maximum absolute atomic E-state index is 12.1. The van der Waals surface area contributed by atoms with E-state index in [4.69, 9.17) is 5.73 Å². The molecule has 3 nitrogen and oxygen atoms in total. The van der Waals surface area contributed by atoms with Crippen LogP contribution in [0.4, 0.5) is 0 Å². The van der Waals surface area contributed by atoms with Gasteiger partial charge in [-0.05, 0) is 50.0 Å². The van der Waals surface area contributed by atoms with Crippen LogP contribution >= 0.6 is 0 Å². The Hall–Kier alpha value is -0.570. The highest BCUT2D eigenvalue weighted by Gasteiger charge is 2.28. The Morgan fingerprint density at radius 2 is 2.00 bits per heavy atom. The van der Waals surface area contributed by atoms with Crippen LogP contribution in [0.5, 0.6) is 0 Å². The van der Waals surface area contributed by atoms with Gasteiger partial charge in [-0.25, -0.2) is 0 Å². The molecular formula is C15H28N2O. The molecule has 4 atom stereocenters. The van der Waals surface area contributed by atoms with Crippen molar-refractivity contribution in [3.8, 4) is 0 Å². The fourth-order valence-corrected chi connectivity index (χ4v) is 3.72. The zero-order valence-corrected chi connectivity index (χ0v) is 11.7. The van der Waals surface area contributed by atoms with Crippen molar-refractivity contribution in [2.45, 2.75) is 64.3 Å². The molecule has 0 heterocycles. The molecule has 2 saturated carbocycles. The van der Waals surface area contributed by atoms with Crippen molar-refractivity contribution in [1.29, 1.82) is 0 Å². The summed E-state index contributed by atoms with van der Waals surface area (Å²) in [4.78, 5) is 12.1. The second kappa shape index (κ2) is 6.55. The van der Waals surface area contributed by atoms with Gasteiger partial charge < -0.3 is 11.1 Å². The molecule has 3 heteroatoms. The average Bonchev–Trinajstić information content (AvgIpc) is 2.75. The van der Waals surface area contributed by atoms with Crippen LogP contribution in [0.2, 0.25) is 0 Å². The number of amides is 1. The van der Waals surface area contributed by atoms with E-state index in [2.05, 4.69) is 12.2 Å². The van der Waals surface area contributed by atoms with Gasteiger partial charge in [-0.2, -0.15) is 0 Å². The first-order chi connectivity index (χ1) is 8.69. The molecule has 0 saturated heterocycles. The van der Waals surface area contributed by atoms with Crippen LogP contribution in [-0.4, -0.2) is 18.5 Å². The van der Waals surface area contributed by atoms with E-state index in [-0.39, 0.29) is 5.91 Å². The van der Waals surface area contributed by atoms with Crippen LogP contribution in [0.1, 0.15) is 58.3 Å². The maximum atomic E-state index is 12.1. The summed E-state index contributed by atoms with van der Waals surface area (Å²) in [6, 6.07) is 0.343. The highest BCUT2D eigenvalue weighted by atomic mass is 16.1. The summed E-state index contributed by atoms with van der Waals surface area (Å²) in [5, 5.41) is 3.24. The quantitative estimate of drug-likeness (QED) is 0.807. The molecule has 3 N–H and O–H groups in total. The Balaban J connectivity index is 1.75. The first-order valence-electron chi connectivity index (χ1n) is 7.68. The molecule has 2 aliphatic carbocycles. The summed E-state index contributed by atoms with van der Waals surface area (Å²) in [7, 11) is 0. The molecule has 0 aromatic heterocycles. The Kier molecular flexibility index (Phi) is 5.04. The van der Waals surface area contributed by atoms with Crippen molar-refractivity contribution >= 4 is 5.91 Å².